The van der Waals surface area contributed by atoms with Crippen molar-refractivity contribution in [2.24, 2.45) is 11.6 Å². The average Bonchev–Trinajstić information content (AvgIpc) is 2.63. The molecule has 0 saturated carbocycles. The molecule has 0 saturated heterocycles. The molecule has 5 heteroatoms. The largest absolute Gasteiger partial charge is 0.358 e. The predicted octanol–water partition coefficient (Wildman–Crippen LogP) is 0.466. The number of aromatic amines is 1. The van der Waals surface area contributed by atoms with E-state index in [1.54, 1.807) is 0 Å². The second kappa shape index (κ2) is 3.96. The number of amides is 1. The molecular formula is C11H14N4O. The molecule has 0 bridgehead atoms. The normalized spacial score (nSPS) is 12.7. The lowest BCUT2D eigenvalue weighted by Crippen LogP contribution is -2.38. The van der Waals surface area contributed by atoms with Gasteiger partial charge in [-0.2, -0.15) is 0 Å². The van der Waals surface area contributed by atoms with Crippen LogP contribution in [0.1, 0.15) is 17.3 Å². The van der Waals surface area contributed by atoms with Gasteiger partial charge in [0, 0.05) is 22.2 Å². The van der Waals surface area contributed by atoms with Crippen LogP contribution in [0.4, 0.5) is 0 Å². The van der Waals surface area contributed by atoms with Crippen LogP contribution in [0.25, 0.3) is 10.9 Å². The third-order valence-electron chi connectivity index (χ3n) is 2.68. The zero-order valence-corrected chi connectivity index (χ0v) is 8.95. The summed E-state index contributed by atoms with van der Waals surface area (Å²) in [7, 11) is 0. The van der Waals surface area contributed by atoms with E-state index < -0.39 is 11.9 Å². The van der Waals surface area contributed by atoms with Gasteiger partial charge in [0.2, 0.25) is 0 Å². The minimum Gasteiger partial charge on any atom is -0.358 e. The van der Waals surface area contributed by atoms with Gasteiger partial charge in [-0.3, -0.25) is 10.2 Å². The predicted molar refractivity (Wildman–Crippen MR) is 62.3 cm³/mol. The van der Waals surface area contributed by atoms with Crippen LogP contribution in [0, 0.1) is 6.92 Å². The van der Waals surface area contributed by atoms with Crippen LogP contribution < -0.4 is 17.0 Å². The maximum Gasteiger partial charge on any atom is 0.255 e. The first-order valence-electron chi connectivity index (χ1n) is 4.98. The van der Waals surface area contributed by atoms with Crippen molar-refractivity contribution in [3.05, 3.63) is 35.5 Å². The Bertz CT molecular complexity index is 532. The van der Waals surface area contributed by atoms with Crippen molar-refractivity contribution in [2.45, 2.75) is 13.0 Å². The molecule has 1 heterocycles. The number of nitrogens with one attached hydrogen (secondary N) is 2. The Balaban J connectivity index is 2.59. The number of nitrogens with two attached hydrogens (primary N) is 2. The summed E-state index contributed by atoms with van der Waals surface area (Å²) in [5.74, 6) is 4.69. The highest BCUT2D eigenvalue weighted by Crippen LogP contribution is 2.26. The summed E-state index contributed by atoms with van der Waals surface area (Å²) in [5, 5.41) is 0.955. The van der Waals surface area contributed by atoms with Gasteiger partial charge in [-0.05, 0) is 13.0 Å². The first kappa shape index (κ1) is 10.7. The van der Waals surface area contributed by atoms with Crippen LogP contribution in [0.2, 0.25) is 0 Å². The van der Waals surface area contributed by atoms with Gasteiger partial charge in [0.25, 0.3) is 5.91 Å². The van der Waals surface area contributed by atoms with E-state index in [9.17, 15) is 4.79 Å². The van der Waals surface area contributed by atoms with E-state index in [2.05, 4.69) is 10.4 Å². The Morgan fingerprint density at radius 1 is 1.44 bits per heavy atom. The lowest BCUT2D eigenvalue weighted by atomic mass is 10.0. The molecule has 0 aliphatic carbocycles. The Labute approximate surface area is 92.8 Å². The Morgan fingerprint density at radius 3 is 2.81 bits per heavy atom. The number of hydrazine groups is 1. The molecule has 16 heavy (non-hydrogen) atoms. The molecule has 0 radical (unpaired) electrons. The topological polar surface area (TPSA) is 96.9 Å². The molecule has 0 fully saturated rings. The first-order valence-corrected chi connectivity index (χ1v) is 4.98. The first-order chi connectivity index (χ1) is 7.65. The maximum atomic E-state index is 11.4. The van der Waals surface area contributed by atoms with E-state index >= 15 is 0 Å². The summed E-state index contributed by atoms with van der Waals surface area (Å²) in [6.07, 6.45) is 0. The molecule has 84 valence electrons. The number of carbonyl (C=O) groups excluding carboxylic acids is 1. The summed E-state index contributed by atoms with van der Waals surface area (Å²) in [6, 6.07) is 6.96. The van der Waals surface area contributed by atoms with E-state index in [0.717, 1.165) is 22.2 Å². The third kappa shape index (κ3) is 1.56. The quantitative estimate of drug-likeness (QED) is 0.335. The van der Waals surface area contributed by atoms with Gasteiger partial charge in [0.05, 0.1) is 0 Å². The fourth-order valence-corrected chi connectivity index (χ4v) is 1.92. The molecule has 1 atom stereocenters. The smallest absolute Gasteiger partial charge is 0.255 e. The van der Waals surface area contributed by atoms with Crippen LogP contribution in [-0.2, 0) is 4.79 Å². The summed E-state index contributed by atoms with van der Waals surface area (Å²) in [6.45, 7) is 1.89. The molecule has 0 aliphatic heterocycles. The number of carbonyl (C=O) groups is 1. The van der Waals surface area contributed by atoms with Crippen LogP contribution in [-0.4, -0.2) is 10.9 Å². The van der Waals surface area contributed by atoms with Crippen molar-refractivity contribution in [2.75, 3.05) is 0 Å². The minimum absolute atomic E-state index is 0.396. The van der Waals surface area contributed by atoms with Gasteiger partial charge >= 0.3 is 0 Å². The summed E-state index contributed by atoms with van der Waals surface area (Å²) in [5.41, 5.74) is 10.6. The van der Waals surface area contributed by atoms with Crippen molar-refractivity contribution in [3.8, 4) is 0 Å². The minimum atomic E-state index is -0.749. The number of H-pyrrole nitrogens is 1. The Kier molecular flexibility index (Phi) is 2.64. The summed E-state index contributed by atoms with van der Waals surface area (Å²) < 4.78 is 0. The lowest BCUT2D eigenvalue weighted by molar-refractivity contribution is -0.122. The molecule has 0 aliphatic rings. The van der Waals surface area contributed by atoms with Gasteiger partial charge in [0.15, 0.2) is 0 Å². The zero-order chi connectivity index (χ0) is 11.7. The van der Waals surface area contributed by atoms with Gasteiger partial charge in [-0.15, -0.1) is 0 Å². The molecule has 1 aromatic carbocycles. The van der Waals surface area contributed by atoms with Crippen molar-refractivity contribution in [1.29, 1.82) is 0 Å². The molecule has 1 unspecified atom stereocenters. The van der Waals surface area contributed by atoms with Crippen molar-refractivity contribution in [1.82, 2.24) is 10.4 Å². The summed E-state index contributed by atoms with van der Waals surface area (Å²) in [4.78, 5) is 14.6. The van der Waals surface area contributed by atoms with E-state index in [1.807, 2.05) is 31.2 Å². The van der Waals surface area contributed by atoms with Crippen LogP contribution in [0.15, 0.2) is 24.3 Å². The fourth-order valence-electron chi connectivity index (χ4n) is 1.92. The second-order valence-electron chi connectivity index (χ2n) is 3.70. The Morgan fingerprint density at radius 2 is 2.12 bits per heavy atom. The highest BCUT2D eigenvalue weighted by atomic mass is 16.2. The molecule has 1 amide bonds. The molecule has 5 nitrogen and oxygen atoms in total. The lowest BCUT2D eigenvalue weighted by Gasteiger charge is -2.10. The van der Waals surface area contributed by atoms with Crippen molar-refractivity contribution in [3.63, 3.8) is 0 Å². The highest BCUT2D eigenvalue weighted by molar-refractivity contribution is 5.92. The van der Waals surface area contributed by atoms with E-state index in [1.165, 1.54) is 0 Å². The van der Waals surface area contributed by atoms with Gasteiger partial charge in [-0.1, -0.05) is 18.2 Å². The second-order valence-corrected chi connectivity index (χ2v) is 3.70. The molecule has 1 aromatic heterocycles. The Hall–Kier alpha value is -1.85. The SMILES string of the molecule is Cc1[nH]c2ccccc2c1C(N)C(=O)NN. The molecular weight excluding hydrogens is 204 g/mol. The van der Waals surface area contributed by atoms with Crippen LogP contribution in [0.5, 0.6) is 0 Å². The number of hydrogen-bond donors (Lipinski definition) is 4. The maximum absolute atomic E-state index is 11.4. The fraction of sp³-hybridized carbons (Fsp3) is 0.182. The van der Waals surface area contributed by atoms with Crippen molar-refractivity contribution >= 4 is 16.8 Å². The highest BCUT2D eigenvalue weighted by Gasteiger charge is 2.20. The van der Waals surface area contributed by atoms with Crippen molar-refractivity contribution < 1.29 is 4.79 Å². The summed E-state index contributed by atoms with van der Waals surface area (Å²) >= 11 is 0. The number of aryl methyl sites for hydroxylation is 1. The van der Waals surface area contributed by atoms with Gasteiger partial charge < -0.3 is 10.7 Å². The molecule has 2 aromatic rings. The number of benzene rings is 1. The van der Waals surface area contributed by atoms with Crippen LogP contribution >= 0.6 is 0 Å². The number of hydrogen-bond acceptors (Lipinski definition) is 3. The molecule has 0 spiro atoms. The van der Waals surface area contributed by atoms with Gasteiger partial charge in [-0.25, -0.2) is 5.84 Å². The van der Waals surface area contributed by atoms with Gasteiger partial charge in [0.1, 0.15) is 6.04 Å². The van der Waals surface area contributed by atoms with E-state index in [4.69, 9.17) is 11.6 Å². The number of para-hydroxylation sites is 1. The molecule has 2 rings (SSSR count). The number of fused-ring (bicyclic) bond motifs is 1. The standard InChI is InChI=1S/C11H14N4O/c1-6-9(10(12)11(16)15-13)7-4-2-3-5-8(7)14-6/h2-5,10,14H,12-13H2,1H3,(H,15,16). The number of aromatic nitrogens is 1. The third-order valence-corrected chi connectivity index (χ3v) is 2.68. The van der Waals surface area contributed by atoms with E-state index in [0.29, 0.717) is 0 Å². The zero-order valence-electron chi connectivity index (χ0n) is 8.95. The average molecular weight is 218 g/mol. The van der Waals surface area contributed by atoms with E-state index in [-0.39, 0.29) is 0 Å². The number of rotatable bonds is 2. The van der Waals surface area contributed by atoms with Crippen LogP contribution in [0.3, 0.4) is 0 Å². The molecule has 6 N–H and O–H groups in total. The monoisotopic (exact) mass is 218 g/mol.